The van der Waals surface area contributed by atoms with Gasteiger partial charge in [0, 0.05) is 0 Å². The highest BCUT2D eigenvalue weighted by Gasteiger charge is 2.28. The quantitative estimate of drug-likeness (QED) is 0.597. The Hall–Kier alpha value is -3.24. The zero-order chi connectivity index (χ0) is 21.0. The number of hydrogen-bond donors (Lipinski definition) is 2. The molecule has 0 bridgehead atoms. The van der Waals surface area contributed by atoms with Gasteiger partial charge in [-0.1, -0.05) is 18.2 Å². The first-order chi connectivity index (χ1) is 13.8. The fraction of sp³-hybridized carbons (Fsp3) is 0.0526. The van der Waals surface area contributed by atoms with E-state index in [0.29, 0.717) is 0 Å². The van der Waals surface area contributed by atoms with Crippen molar-refractivity contribution in [2.24, 2.45) is 5.73 Å². The molecular weight excluding hydrogens is 417 g/mol. The van der Waals surface area contributed by atoms with Crippen LogP contribution in [-0.2, 0) is 14.8 Å². The number of sulfonamides is 1. The second-order valence-electron chi connectivity index (χ2n) is 5.88. The predicted octanol–water partition coefficient (Wildman–Crippen LogP) is 2.82. The van der Waals surface area contributed by atoms with Crippen LogP contribution in [0.25, 0.3) is 0 Å². The molecule has 10 heteroatoms. The lowest BCUT2D eigenvalue weighted by Gasteiger charge is -2.23. The lowest BCUT2D eigenvalue weighted by Crippen LogP contribution is -2.38. The Morgan fingerprint density at radius 1 is 1.03 bits per heavy atom. The third kappa shape index (κ3) is 4.61. The van der Waals surface area contributed by atoms with Gasteiger partial charge in [0.25, 0.3) is 15.9 Å². The minimum absolute atomic E-state index is 0.0344. The number of benzene rings is 2. The topological polar surface area (TPSA) is 110 Å². The molecule has 3 N–H and O–H groups in total. The number of primary amides is 1. The summed E-state index contributed by atoms with van der Waals surface area (Å²) < 4.78 is 40.3. The van der Waals surface area contributed by atoms with E-state index in [0.717, 1.165) is 27.8 Å². The van der Waals surface area contributed by atoms with Crippen LogP contribution in [0.15, 0.2) is 70.3 Å². The van der Waals surface area contributed by atoms with E-state index in [1.54, 1.807) is 23.6 Å². The Morgan fingerprint density at radius 2 is 1.72 bits per heavy atom. The number of anilines is 2. The van der Waals surface area contributed by atoms with Crippen LogP contribution < -0.4 is 15.4 Å². The Kier molecular flexibility index (Phi) is 5.95. The highest BCUT2D eigenvalue weighted by molar-refractivity contribution is 7.94. The van der Waals surface area contributed by atoms with Gasteiger partial charge in [0.15, 0.2) is 0 Å². The molecule has 0 fully saturated rings. The molecule has 1 aromatic heterocycles. The highest BCUT2D eigenvalue weighted by atomic mass is 32.2. The number of rotatable bonds is 7. The summed E-state index contributed by atoms with van der Waals surface area (Å²) in [6.45, 7) is -0.584. The van der Waals surface area contributed by atoms with Crippen LogP contribution in [-0.4, -0.2) is 26.8 Å². The van der Waals surface area contributed by atoms with E-state index >= 15 is 0 Å². The van der Waals surface area contributed by atoms with Gasteiger partial charge in [0.05, 0.1) is 16.9 Å². The van der Waals surface area contributed by atoms with E-state index in [9.17, 15) is 22.4 Å². The average molecular weight is 433 g/mol. The van der Waals surface area contributed by atoms with Crippen molar-refractivity contribution in [2.45, 2.75) is 4.21 Å². The zero-order valence-electron chi connectivity index (χ0n) is 14.9. The van der Waals surface area contributed by atoms with Crippen LogP contribution in [0.4, 0.5) is 15.8 Å². The normalized spacial score (nSPS) is 11.1. The number of thiophene rings is 1. The number of amides is 2. The molecule has 0 aliphatic rings. The first-order valence-corrected chi connectivity index (χ1v) is 10.6. The Balaban J connectivity index is 1.93. The lowest BCUT2D eigenvalue weighted by molar-refractivity contribution is -0.114. The summed E-state index contributed by atoms with van der Waals surface area (Å²) in [7, 11) is -4.06. The van der Waals surface area contributed by atoms with Crippen molar-refractivity contribution in [3.8, 4) is 0 Å². The SMILES string of the molecule is NC(=O)c1ccccc1NC(=O)CN(c1ccc(F)cc1)S(=O)(=O)c1cccs1. The van der Waals surface area contributed by atoms with Gasteiger partial charge >= 0.3 is 0 Å². The summed E-state index contributed by atoms with van der Waals surface area (Å²) >= 11 is 0.997. The van der Waals surface area contributed by atoms with Crippen molar-refractivity contribution in [3.05, 3.63) is 77.4 Å². The van der Waals surface area contributed by atoms with Crippen LogP contribution in [0.2, 0.25) is 0 Å². The number of hydrogen-bond acceptors (Lipinski definition) is 5. The van der Waals surface area contributed by atoms with Crippen LogP contribution in [0.1, 0.15) is 10.4 Å². The molecule has 0 unspecified atom stereocenters. The number of nitrogens with zero attached hydrogens (tertiary/aromatic N) is 1. The number of carbonyl (C=O) groups excluding carboxylic acids is 2. The van der Waals surface area contributed by atoms with Crippen molar-refractivity contribution < 1.29 is 22.4 Å². The van der Waals surface area contributed by atoms with Gasteiger partial charge in [-0.15, -0.1) is 11.3 Å². The van der Waals surface area contributed by atoms with Crippen molar-refractivity contribution in [1.29, 1.82) is 0 Å². The zero-order valence-corrected chi connectivity index (χ0v) is 16.5. The molecule has 7 nitrogen and oxygen atoms in total. The van der Waals surface area contributed by atoms with E-state index in [-0.39, 0.29) is 21.1 Å². The molecule has 1 heterocycles. The van der Waals surface area contributed by atoms with E-state index in [4.69, 9.17) is 5.73 Å². The Bertz CT molecular complexity index is 1130. The summed E-state index contributed by atoms with van der Waals surface area (Å²) in [5.74, 6) is -1.97. The molecule has 0 saturated carbocycles. The fourth-order valence-electron chi connectivity index (χ4n) is 2.57. The standard InChI is InChI=1S/C19H16FN3O4S2/c20-13-7-9-14(10-8-13)23(29(26,27)18-6-3-11-28-18)12-17(24)22-16-5-2-1-4-15(16)19(21)25/h1-11H,12H2,(H2,21,25)(H,22,24). The van der Waals surface area contributed by atoms with Crippen LogP contribution >= 0.6 is 11.3 Å². The van der Waals surface area contributed by atoms with Crippen LogP contribution in [0.3, 0.4) is 0 Å². The van der Waals surface area contributed by atoms with Gasteiger partial charge in [-0.3, -0.25) is 13.9 Å². The maximum atomic E-state index is 13.3. The van der Waals surface area contributed by atoms with Crippen molar-refractivity contribution in [2.75, 3.05) is 16.2 Å². The smallest absolute Gasteiger partial charge is 0.274 e. The number of para-hydroxylation sites is 1. The molecule has 0 spiro atoms. The molecule has 3 rings (SSSR count). The summed E-state index contributed by atoms with van der Waals surface area (Å²) in [6.07, 6.45) is 0. The monoisotopic (exact) mass is 433 g/mol. The molecule has 0 saturated heterocycles. The van der Waals surface area contributed by atoms with Gasteiger partial charge in [-0.25, -0.2) is 12.8 Å². The molecule has 0 atom stereocenters. The van der Waals surface area contributed by atoms with Crippen molar-refractivity contribution >= 4 is 44.5 Å². The fourth-order valence-corrected chi connectivity index (χ4v) is 5.09. The second kappa shape index (κ2) is 8.41. The molecule has 2 amide bonds. The predicted molar refractivity (Wildman–Crippen MR) is 109 cm³/mol. The van der Waals surface area contributed by atoms with Gasteiger partial charge in [-0.05, 0) is 47.8 Å². The minimum atomic E-state index is -4.06. The van der Waals surface area contributed by atoms with Crippen molar-refractivity contribution in [1.82, 2.24) is 0 Å². The lowest BCUT2D eigenvalue weighted by atomic mass is 10.1. The van der Waals surface area contributed by atoms with Crippen LogP contribution in [0, 0.1) is 5.82 Å². The molecule has 0 aliphatic heterocycles. The first-order valence-electron chi connectivity index (χ1n) is 8.29. The van der Waals surface area contributed by atoms with Crippen molar-refractivity contribution in [3.63, 3.8) is 0 Å². The maximum Gasteiger partial charge on any atom is 0.274 e. The molecule has 150 valence electrons. The Labute approximate surface area is 170 Å². The molecule has 3 aromatic rings. The number of nitrogens with one attached hydrogen (secondary N) is 1. The summed E-state index contributed by atoms with van der Waals surface area (Å²) in [5, 5.41) is 4.10. The summed E-state index contributed by atoms with van der Waals surface area (Å²) in [6, 6.07) is 13.8. The van der Waals surface area contributed by atoms with E-state index in [1.807, 2.05) is 0 Å². The molecule has 2 aromatic carbocycles. The third-order valence-corrected chi connectivity index (χ3v) is 7.05. The maximum absolute atomic E-state index is 13.3. The summed E-state index contributed by atoms with van der Waals surface area (Å²) in [5.41, 5.74) is 5.68. The average Bonchev–Trinajstić information content (AvgIpc) is 3.23. The molecule has 0 radical (unpaired) electrons. The minimum Gasteiger partial charge on any atom is -0.366 e. The molecule has 29 heavy (non-hydrogen) atoms. The van der Waals surface area contributed by atoms with Crippen LogP contribution in [0.5, 0.6) is 0 Å². The summed E-state index contributed by atoms with van der Waals surface area (Å²) in [4.78, 5) is 24.1. The number of halogens is 1. The largest absolute Gasteiger partial charge is 0.366 e. The van der Waals surface area contributed by atoms with Gasteiger partial charge in [0.2, 0.25) is 5.91 Å². The van der Waals surface area contributed by atoms with E-state index < -0.39 is 34.2 Å². The van der Waals surface area contributed by atoms with E-state index in [2.05, 4.69) is 5.32 Å². The number of carbonyl (C=O) groups is 2. The molecular formula is C19H16FN3O4S2. The Morgan fingerprint density at radius 3 is 2.34 bits per heavy atom. The van der Waals surface area contributed by atoms with E-state index in [1.165, 1.54) is 30.3 Å². The second-order valence-corrected chi connectivity index (χ2v) is 8.92. The number of nitrogens with two attached hydrogens (primary N) is 1. The first kappa shape index (κ1) is 20.5. The van der Waals surface area contributed by atoms with Gasteiger partial charge in [0.1, 0.15) is 16.6 Å². The van der Waals surface area contributed by atoms with Gasteiger partial charge < -0.3 is 11.1 Å². The highest BCUT2D eigenvalue weighted by Crippen LogP contribution is 2.27. The third-order valence-electron chi connectivity index (χ3n) is 3.91. The molecule has 0 aliphatic carbocycles. The van der Waals surface area contributed by atoms with Gasteiger partial charge in [-0.2, -0.15) is 0 Å².